The summed E-state index contributed by atoms with van der Waals surface area (Å²) in [6.45, 7) is 3.29. The van der Waals surface area contributed by atoms with E-state index in [1.807, 2.05) is 0 Å². The van der Waals surface area contributed by atoms with Gasteiger partial charge in [0.1, 0.15) is 17.3 Å². The molecule has 92 valence electrons. The number of benzene rings is 1. The lowest BCUT2D eigenvalue weighted by atomic mass is 9.95. The van der Waals surface area contributed by atoms with Crippen LogP contribution in [-0.2, 0) is 4.79 Å². The fourth-order valence-electron chi connectivity index (χ4n) is 1.06. The smallest absolute Gasteiger partial charge is 0.312 e. The Morgan fingerprint density at radius 2 is 2.18 bits per heavy atom. The lowest BCUT2D eigenvalue weighted by Crippen LogP contribution is -2.30. The Morgan fingerprint density at radius 3 is 2.71 bits per heavy atom. The summed E-state index contributed by atoms with van der Waals surface area (Å²) >= 11 is 4.85. The highest BCUT2D eigenvalue weighted by molar-refractivity contribution is 7.80. The molecule has 1 rings (SSSR count). The van der Waals surface area contributed by atoms with Crippen molar-refractivity contribution in [2.24, 2.45) is 11.1 Å². The number of hydrogen-bond donors (Lipinski definition) is 2. The summed E-state index contributed by atoms with van der Waals surface area (Å²) in [5.74, 6) is -0.340. The van der Waals surface area contributed by atoms with Gasteiger partial charge in [-0.3, -0.25) is 4.79 Å². The zero-order chi connectivity index (χ0) is 13.1. The molecule has 0 saturated heterocycles. The summed E-state index contributed by atoms with van der Waals surface area (Å²) in [7, 11) is 0. The van der Waals surface area contributed by atoms with Crippen molar-refractivity contribution in [3.05, 3.63) is 29.8 Å². The molecule has 0 unspecified atom stereocenters. The number of carboxylic acid groups (broad SMARTS) is 1. The van der Waals surface area contributed by atoms with Crippen molar-refractivity contribution in [2.75, 3.05) is 6.61 Å². The minimum Gasteiger partial charge on any atom is -0.492 e. The van der Waals surface area contributed by atoms with Gasteiger partial charge < -0.3 is 15.6 Å². The van der Waals surface area contributed by atoms with Crippen LogP contribution in [0, 0.1) is 5.41 Å². The molecule has 17 heavy (non-hydrogen) atoms. The van der Waals surface area contributed by atoms with Gasteiger partial charge in [-0.1, -0.05) is 24.4 Å². The van der Waals surface area contributed by atoms with Gasteiger partial charge in [0, 0.05) is 5.56 Å². The molecule has 1 aromatic carbocycles. The van der Waals surface area contributed by atoms with Crippen LogP contribution in [0.2, 0.25) is 0 Å². The average Bonchev–Trinajstić information content (AvgIpc) is 2.26. The Bertz CT molecular complexity index is 443. The highest BCUT2D eigenvalue weighted by Crippen LogP contribution is 2.19. The van der Waals surface area contributed by atoms with Gasteiger partial charge in [-0.2, -0.15) is 0 Å². The molecule has 0 radical (unpaired) electrons. The Labute approximate surface area is 105 Å². The summed E-state index contributed by atoms with van der Waals surface area (Å²) < 4.78 is 5.43. The Balaban J connectivity index is 2.73. The number of ether oxygens (including phenoxy) is 1. The number of hydrogen-bond acceptors (Lipinski definition) is 3. The van der Waals surface area contributed by atoms with Crippen LogP contribution in [0.1, 0.15) is 19.4 Å². The molecule has 0 spiro atoms. The predicted octanol–water partition coefficient (Wildman–Crippen LogP) is 1.81. The first-order valence-corrected chi connectivity index (χ1v) is 5.50. The van der Waals surface area contributed by atoms with E-state index in [-0.39, 0.29) is 11.6 Å². The third-order valence-corrected chi connectivity index (χ3v) is 2.53. The predicted molar refractivity (Wildman–Crippen MR) is 69.2 cm³/mol. The van der Waals surface area contributed by atoms with E-state index in [4.69, 9.17) is 27.8 Å². The van der Waals surface area contributed by atoms with Crippen LogP contribution in [0.4, 0.5) is 0 Å². The third kappa shape index (κ3) is 3.71. The van der Waals surface area contributed by atoms with Gasteiger partial charge in [0.15, 0.2) is 0 Å². The zero-order valence-corrected chi connectivity index (χ0v) is 10.6. The van der Waals surface area contributed by atoms with E-state index in [2.05, 4.69) is 0 Å². The molecular formula is C12H15NO3S. The molecular weight excluding hydrogens is 238 g/mol. The fourth-order valence-corrected chi connectivity index (χ4v) is 1.19. The summed E-state index contributed by atoms with van der Waals surface area (Å²) in [6, 6.07) is 6.97. The fraction of sp³-hybridized carbons (Fsp3) is 0.333. The number of carboxylic acids is 1. The Kier molecular flexibility index (Phi) is 4.07. The maximum Gasteiger partial charge on any atom is 0.312 e. The van der Waals surface area contributed by atoms with Gasteiger partial charge in [-0.15, -0.1) is 0 Å². The van der Waals surface area contributed by atoms with Crippen LogP contribution >= 0.6 is 12.2 Å². The Hall–Kier alpha value is -1.62. The molecule has 0 bridgehead atoms. The average molecular weight is 253 g/mol. The van der Waals surface area contributed by atoms with E-state index >= 15 is 0 Å². The number of thiocarbonyl (C=S) groups is 1. The second kappa shape index (κ2) is 5.14. The highest BCUT2D eigenvalue weighted by atomic mass is 32.1. The summed E-state index contributed by atoms with van der Waals surface area (Å²) in [4.78, 5) is 11.2. The number of aliphatic carboxylic acids is 1. The molecule has 0 amide bonds. The van der Waals surface area contributed by atoms with E-state index in [0.29, 0.717) is 11.3 Å². The first-order chi connectivity index (χ1) is 7.83. The van der Waals surface area contributed by atoms with Gasteiger partial charge >= 0.3 is 5.97 Å². The molecule has 0 aliphatic rings. The van der Waals surface area contributed by atoms with E-state index in [0.717, 1.165) is 0 Å². The van der Waals surface area contributed by atoms with E-state index in [9.17, 15) is 4.79 Å². The lowest BCUT2D eigenvalue weighted by Gasteiger charge is -2.19. The third-order valence-electron chi connectivity index (χ3n) is 2.30. The van der Waals surface area contributed by atoms with Gasteiger partial charge in [-0.25, -0.2) is 0 Å². The molecule has 0 heterocycles. The Morgan fingerprint density at radius 1 is 1.53 bits per heavy atom. The number of nitrogens with two attached hydrogens (primary N) is 1. The van der Waals surface area contributed by atoms with E-state index in [1.165, 1.54) is 0 Å². The summed E-state index contributed by atoms with van der Waals surface area (Å²) in [5.41, 5.74) is 5.26. The topological polar surface area (TPSA) is 72.5 Å². The molecule has 3 N–H and O–H groups in total. The summed E-state index contributed by atoms with van der Waals surface area (Å²) in [5, 5.41) is 8.94. The molecule has 0 aliphatic heterocycles. The van der Waals surface area contributed by atoms with Crippen molar-refractivity contribution in [2.45, 2.75) is 13.8 Å². The maximum absolute atomic E-state index is 10.9. The van der Waals surface area contributed by atoms with Crippen molar-refractivity contribution in [3.63, 3.8) is 0 Å². The van der Waals surface area contributed by atoms with Gasteiger partial charge in [0.2, 0.25) is 0 Å². The largest absolute Gasteiger partial charge is 0.492 e. The molecule has 0 saturated carbocycles. The molecule has 1 aromatic rings. The van der Waals surface area contributed by atoms with Crippen LogP contribution in [0.3, 0.4) is 0 Å². The van der Waals surface area contributed by atoms with Crippen molar-refractivity contribution in [1.29, 1.82) is 0 Å². The molecule has 0 atom stereocenters. The molecule has 0 aromatic heterocycles. The number of carbonyl (C=O) groups is 1. The van der Waals surface area contributed by atoms with E-state index < -0.39 is 11.4 Å². The molecule has 0 aliphatic carbocycles. The van der Waals surface area contributed by atoms with Gasteiger partial charge in [-0.05, 0) is 26.0 Å². The van der Waals surface area contributed by atoms with Gasteiger partial charge in [0.25, 0.3) is 0 Å². The van der Waals surface area contributed by atoms with Crippen molar-refractivity contribution >= 4 is 23.2 Å². The standard InChI is InChI=1S/C12H15NO3S/c1-12(2,11(14)15)7-16-9-5-3-4-8(6-9)10(13)17/h3-6H,7H2,1-2H3,(H2,13,17)(H,14,15). The van der Waals surface area contributed by atoms with Crippen molar-refractivity contribution in [3.8, 4) is 5.75 Å². The SMILES string of the molecule is CC(C)(COc1cccc(C(N)=S)c1)C(=O)O. The quantitative estimate of drug-likeness (QED) is 0.783. The monoisotopic (exact) mass is 253 g/mol. The van der Waals surface area contributed by atoms with Crippen LogP contribution in [0.15, 0.2) is 24.3 Å². The van der Waals surface area contributed by atoms with Crippen molar-refractivity contribution in [1.82, 2.24) is 0 Å². The second-order valence-corrected chi connectivity index (χ2v) is 4.81. The normalized spacial score (nSPS) is 10.9. The van der Waals surface area contributed by atoms with Crippen molar-refractivity contribution < 1.29 is 14.6 Å². The molecule has 4 nitrogen and oxygen atoms in total. The van der Waals surface area contributed by atoms with Crippen LogP contribution in [-0.4, -0.2) is 22.7 Å². The van der Waals surface area contributed by atoms with E-state index in [1.54, 1.807) is 38.1 Å². The molecule has 0 fully saturated rings. The highest BCUT2D eigenvalue weighted by Gasteiger charge is 2.28. The first-order valence-electron chi connectivity index (χ1n) is 5.09. The van der Waals surface area contributed by atoms with Crippen LogP contribution in [0.5, 0.6) is 5.75 Å². The van der Waals surface area contributed by atoms with Crippen LogP contribution < -0.4 is 10.5 Å². The van der Waals surface area contributed by atoms with Gasteiger partial charge in [0.05, 0.1) is 5.41 Å². The zero-order valence-electron chi connectivity index (χ0n) is 9.77. The minimum atomic E-state index is -0.931. The first kappa shape index (κ1) is 13.4. The lowest BCUT2D eigenvalue weighted by molar-refractivity contribution is -0.148. The van der Waals surface area contributed by atoms with Crippen LogP contribution in [0.25, 0.3) is 0 Å². The summed E-state index contributed by atoms with van der Waals surface area (Å²) in [6.07, 6.45) is 0. The maximum atomic E-state index is 10.9. The minimum absolute atomic E-state index is 0.0864. The molecule has 5 heteroatoms. The number of rotatable bonds is 5. The second-order valence-electron chi connectivity index (χ2n) is 4.37.